The summed E-state index contributed by atoms with van der Waals surface area (Å²) < 4.78 is 0. The molecule has 16 nitrogen and oxygen atoms in total. The molecule has 0 aromatic heterocycles. The number of likely N-dealkylation sites (tertiary alicyclic amines) is 2. The Hall–Kier alpha value is -4.28. The van der Waals surface area contributed by atoms with Gasteiger partial charge in [0.15, 0.2) is 0 Å². The molecule has 7 unspecified atom stereocenters. The van der Waals surface area contributed by atoms with Gasteiger partial charge in [0.25, 0.3) is 0 Å². The molecule has 0 spiro atoms. The molecule has 0 saturated carbocycles. The zero-order chi connectivity index (χ0) is 35.7. The van der Waals surface area contributed by atoms with E-state index in [2.05, 4.69) is 16.0 Å². The Morgan fingerprint density at radius 1 is 0.875 bits per heavy atom. The smallest absolute Gasteiger partial charge is 0.328 e. The fraction of sp³-hybridized carbons (Fsp3) is 0.625. The van der Waals surface area contributed by atoms with Crippen molar-refractivity contribution >= 4 is 35.5 Å². The number of nitrogens with two attached hydrogens (primary N) is 1. The molecule has 2 saturated heterocycles. The van der Waals surface area contributed by atoms with Crippen molar-refractivity contribution in [2.45, 2.75) is 102 Å². The second-order valence-corrected chi connectivity index (χ2v) is 12.9. The number of amides is 5. The maximum absolute atomic E-state index is 14.0. The average Bonchev–Trinajstić information content (AvgIpc) is 3.72. The number of aliphatic hydroxyl groups is 2. The number of carboxylic acid groups (broad SMARTS) is 1. The third-order valence-corrected chi connectivity index (χ3v) is 8.57. The van der Waals surface area contributed by atoms with Gasteiger partial charge in [-0.05, 0) is 69.1 Å². The first kappa shape index (κ1) is 38.2. The second-order valence-electron chi connectivity index (χ2n) is 12.9. The number of rotatable bonds is 15. The number of phenolic OH excluding ortho intramolecular Hbond substituents is 1. The molecule has 0 aliphatic carbocycles. The number of benzene rings is 1. The fourth-order valence-corrected chi connectivity index (χ4v) is 6.03. The number of nitrogens with zero attached hydrogens (tertiary/aromatic N) is 2. The van der Waals surface area contributed by atoms with Crippen LogP contribution in [-0.2, 0) is 35.2 Å². The van der Waals surface area contributed by atoms with Gasteiger partial charge >= 0.3 is 5.97 Å². The quantitative estimate of drug-likeness (QED) is 0.103. The van der Waals surface area contributed by atoms with Crippen LogP contribution in [0.15, 0.2) is 24.3 Å². The van der Waals surface area contributed by atoms with E-state index in [0.717, 1.165) is 0 Å². The van der Waals surface area contributed by atoms with Gasteiger partial charge in [-0.1, -0.05) is 26.0 Å². The molecular formula is C32H48N6O10. The topological polar surface area (TPSA) is 252 Å². The van der Waals surface area contributed by atoms with Gasteiger partial charge in [-0.25, -0.2) is 4.79 Å². The summed E-state index contributed by atoms with van der Waals surface area (Å²) >= 11 is 0. The highest BCUT2D eigenvalue weighted by Gasteiger charge is 2.44. The van der Waals surface area contributed by atoms with Gasteiger partial charge in [0, 0.05) is 13.1 Å². The van der Waals surface area contributed by atoms with E-state index in [1.807, 2.05) is 13.8 Å². The number of aromatic hydroxyl groups is 1. The summed E-state index contributed by atoms with van der Waals surface area (Å²) in [5, 5.41) is 45.8. The summed E-state index contributed by atoms with van der Waals surface area (Å²) in [6.45, 7) is 4.63. The SMILES string of the molecule is CC(C)CC(NC(=O)C(NC(=O)C(N)Cc1ccc(O)cc1)C(C)O)C(=O)N1CCCC1C(=O)N1CCCC1C(=O)NC(CO)C(=O)O. The number of phenols is 1. The summed E-state index contributed by atoms with van der Waals surface area (Å²) in [5.74, 6) is -4.67. The predicted molar refractivity (Wildman–Crippen MR) is 171 cm³/mol. The molecule has 16 heteroatoms. The lowest BCUT2D eigenvalue weighted by molar-refractivity contribution is -0.149. The number of nitrogens with one attached hydrogen (secondary N) is 3. The Kier molecular flexibility index (Phi) is 13.7. The maximum atomic E-state index is 14.0. The van der Waals surface area contributed by atoms with Crippen LogP contribution in [-0.4, -0.2) is 128 Å². The molecule has 1 aromatic carbocycles. The highest BCUT2D eigenvalue weighted by Crippen LogP contribution is 2.26. The number of hydrogen-bond acceptors (Lipinski definition) is 10. The largest absolute Gasteiger partial charge is 0.508 e. The van der Waals surface area contributed by atoms with Crippen LogP contribution in [0.1, 0.15) is 58.4 Å². The van der Waals surface area contributed by atoms with Crippen LogP contribution in [0.4, 0.5) is 0 Å². The van der Waals surface area contributed by atoms with Crippen LogP contribution in [0, 0.1) is 5.92 Å². The molecule has 2 aliphatic heterocycles. The number of carbonyl (C=O) groups is 6. The third kappa shape index (κ3) is 9.87. The van der Waals surface area contributed by atoms with Crippen LogP contribution in [0.25, 0.3) is 0 Å². The van der Waals surface area contributed by atoms with Crippen molar-refractivity contribution in [1.29, 1.82) is 0 Å². The molecule has 2 heterocycles. The Morgan fingerprint density at radius 3 is 2.04 bits per heavy atom. The lowest BCUT2D eigenvalue weighted by atomic mass is 10.0. The number of carboxylic acids is 1. The van der Waals surface area contributed by atoms with Crippen LogP contribution >= 0.6 is 0 Å². The number of aliphatic hydroxyl groups excluding tert-OH is 2. The Morgan fingerprint density at radius 2 is 1.48 bits per heavy atom. The number of hydrogen-bond donors (Lipinski definition) is 8. The minimum Gasteiger partial charge on any atom is -0.508 e. The standard InChI is InChI=1S/C32H48N6O10/c1-17(2)14-22(34-29(44)26(18(3)40)36-27(42)21(33)15-19-8-10-20(41)11-9-19)30(45)38-13-5-7-25(38)31(46)37-12-4-6-24(37)28(43)35-23(16-39)32(47)48/h8-11,17-18,21-26,39-41H,4-7,12-16,33H2,1-3H3,(H,34,44)(H,35,43)(H,36,42)(H,47,48). The van der Waals surface area contributed by atoms with Gasteiger partial charge < -0.3 is 51.9 Å². The molecule has 2 aliphatic rings. The summed E-state index contributed by atoms with van der Waals surface area (Å²) in [4.78, 5) is 81.0. The van der Waals surface area contributed by atoms with Gasteiger partial charge in [0.05, 0.1) is 18.8 Å². The number of aliphatic carboxylic acids is 1. The van der Waals surface area contributed by atoms with Gasteiger partial charge in [-0.3, -0.25) is 24.0 Å². The van der Waals surface area contributed by atoms with E-state index in [1.165, 1.54) is 28.9 Å². The molecule has 0 bridgehead atoms. The highest BCUT2D eigenvalue weighted by molar-refractivity contribution is 5.97. The minimum atomic E-state index is -1.52. The monoisotopic (exact) mass is 676 g/mol. The Balaban J connectivity index is 1.71. The average molecular weight is 677 g/mol. The molecule has 7 atom stereocenters. The van der Waals surface area contributed by atoms with Crippen molar-refractivity contribution in [2.24, 2.45) is 11.7 Å². The van der Waals surface area contributed by atoms with E-state index in [1.54, 1.807) is 12.1 Å². The lowest BCUT2D eigenvalue weighted by Gasteiger charge is -2.34. The molecular weight excluding hydrogens is 628 g/mol. The molecule has 3 rings (SSSR count). The van der Waals surface area contributed by atoms with Crippen molar-refractivity contribution in [3.63, 3.8) is 0 Å². The summed E-state index contributed by atoms with van der Waals surface area (Å²) in [5.41, 5.74) is 6.72. The minimum absolute atomic E-state index is 0.0512. The summed E-state index contributed by atoms with van der Waals surface area (Å²) in [6, 6.07) is -0.935. The first-order valence-electron chi connectivity index (χ1n) is 16.2. The summed E-state index contributed by atoms with van der Waals surface area (Å²) in [6.07, 6.45) is 0.514. The van der Waals surface area contributed by atoms with Crippen LogP contribution in [0.3, 0.4) is 0 Å². The second kappa shape index (κ2) is 17.2. The third-order valence-electron chi connectivity index (χ3n) is 8.57. The zero-order valence-electron chi connectivity index (χ0n) is 27.5. The zero-order valence-corrected chi connectivity index (χ0v) is 27.5. The first-order valence-corrected chi connectivity index (χ1v) is 16.2. The molecule has 266 valence electrons. The number of carbonyl (C=O) groups excluding carboxylic acids is 5. The van der Waals surface area contributed by atoms with Gasteiger partial charge in [-0.2, -0.15) is 0 Å². The first-order chi connectivity index (χ1) is 22.6. The molecule has 48 heavy (non-hydrogen) atoms. The molecule has 5 amide bonds. The van der Waals surface area contributed by atoms with Crippen LogP contribution in [0.5, 0.6) is 5.75 Å². The van der Waals surface area contributed by atoms with Crippen molar-refractivity contribution in [3.8, 4) is 5.75 Å². The van der Waals surface area contributed by atoms with Crippen molar-refractivity contribution < 1.29 is 49.2 Å². The van der Waals surface area contributed by atoms with E-state index in [9.17, 15) is 49.2 Å². The van der Waals surface area contributed by atoms with Gasteiger partial charge in [0.2, 0.25) is 29.5 Å². The lowest BCUT2D eigenvalue weighted by Crippen LogP contribution is -2.61. The van der Waals surface area contributed by atoms with E-state index in [0.29, 0.717) is 24.8 Å². The van der Waals surface area contributed by atoms with Gasteiger partial charge in [-0.15, -0.1) is 0 Å². The van der Waals surface area contributed by atoms with E-state index in [-0.39, 0.29) is 44.0 Å². The maximum Gasteiger partial charge on any atom is 0.328 e. The van der Waals surface area contributed by atoms with Crippen molar-refractivity contribution in [1.82, 2.24) is 25.8 Å². The van der Waals surface area contributed by atoms with Crippen molar-refractivity contribution in [2.75, 3.05) is 19.7 Å². The predicted octanol–water partition coefficient (Wildman–Crippen LogP) is -1.80. The molecule has 0 radical (unpaired) electrons. The van der Waals surface area contributed by atoms with Crippen molar-refractivity contribution in [3.05, 3.63) is 29.8 Å². The molecule has 9 N–H and O–H groups in total. The van der Waals surface area contributed by atoms with Gasteiger partial charge in [0.1, 0.15) is 36.0 Å². The van der Waals surface area contributed by atoms with Crippen LogP contribution in [0.2, 0.25) is 0 Å². The van der Waals surface area contributed by atoms with E-state index >= 15 is 0 Å². The highest BCUT2D eigenvalue weighted by atomic mass is 16.4. The molecule has 2 fully saturated rings. The fourth-order valence-electron chi connectivity index (χ4n) is 6.03. The summed E-state index contributed by atoms with van der Waals surface area (Å²) in [7, 11) is 0. The normalized spacial score (nSPS) is 20.8. The molecule has 1 aromatic rings. The van der Waals surface area contributed by atoms with E-state index in [4.69, 9.17) is 5.73 Å². The Bertz CT molecular complexity index is 1320. The van der Waals surface area contributed by atoms with Crippen LogP contribution < -0.4 is 21.7 Å². The van der Waals surface area contributed by atoms with E-state index < -0.39 is 84.5 Å². The Labute approximate surface area is 279 Å².